The Morgan fingerprint density at radius 2 is 2.00 bits per heavy atom. The van der Waals surface area contributed by atoms with Crippen LogP contribution in [0.1, 0.15) is 12.2 Å². The number of carboxylic acids is 1. The number of imidazole rings is 1. The molecule has 0 unspecified atom stereocenters. The normalized spacial score (nSPS) is 11.1. The molecule has 0 aliphatic rings. The fourth-order valence-electron chi connectivity index (χ4n) is 2.48. The van der Waals surface area contributed by atoms with Crippen LogP contribution in [0.15, 0.2) is 36.5 Å². The van der Waals surface area contributed by atoms with Gasteiger partial charge in [-0.25, -0.2) is 14.8 Å². The van der Waals surface area contributed by atoms with Crippen LogP contribution in [0.2, 0.25) is 5.02 Å². The number of aryl methyl sites for hydroxylation is 2. The van der Waals surface area contributed by atoms with Gasteiger partial charge >= 0.3 is 12.1 Å². The highest BCUT2D eigenvalue weighted by molar-refractivity contribution is 6.33. The van der Waals surface area contributed by atoms with Gasteiger partial charge in [-0.2, -0.15) is 13.2 Å². The third-order valence-electron chi connectivity index (χ3n) is 3.89. The lowest BCUT2D eigenvalue weighted by atomic mass is 10.3. The van der Waals surface area contributed by atoms with E-state index in [2.05, 4.69) is 33.0 Å². The summed E-state index contributed by atoms with van der Waals surface area (Å²) < 4.78 is 33.9. The zero-order valence-electron chi connectivity index (χ0n) is 15.4. The standard InChI is InChI=1S/C16H18ClN5.C2HF3O2/c1-22-14-6-3-2-5-12(14)21-16(22)7-4-8-19-13-9-15(18)20-10-11(13)17;3-2(4,5)1(6)7/h2-3,5-6,9-10H,4,7-8H2,1H3,(H3,18,19,20);(H,6,7). The molecule has 156 valence electrons. The van der Waals surface area contributed by atoms with Gasteiger partial charge in [0.1, 0.15) is 11.6 Å². The summed E-state index contributed by atoms with van der Waals surface area (Å²) in [6, 6.07) is 9.92. The molecule has 0 radical (unpaired) electrons. The van der Waals surface area contributed by atoms with Gasteiger partial charge in [0.15, 0.2) is 0 Å². The Hall–Kier alpha value is -3.01. The van der Waals surface area contributed by atoms with Gasteiger partial charge < -0.3 is 20.7 Å². The molecule has 0 spiro atoms. The number of nitrogens with two attached hydrogens (primary N) is 1. The Labute approximate surface area is 169 Å². The molecule has 0 aliphatic heterocycles. The number of para-hydroxylation sites is 2. The van der Waals surface area contributed by atoms with Crippen LogP contribution in [-0.2, 0) is 18.3 Å². The van der Waals surface area contributed by atoms with Crippen LogP contribution in [0.25, 0.3) is 11.0 Å². The number of pyridine rings is 1. The van der Waals surface area contributed by atoms with Crippen molar-refractivity contribution >= 4 is 40.1 Å². The molecule has 0 aliphatic carbocycles. The van der Waals surface area contributed by atoms with Crippen molar-refractivity contribution < 1.29 is 23.1 Å². The number of benzene rings is 1. The highest BCUT2D eigenvalue weighted by Crippen LogP contribution is 2.22. The molecule has 3 rings (SSSR count). The summed E-state index contributed by atoms with van der Waals surface area (Å²) in [5.41, 5.74) is 8.68. The number of hydrogen-bond donors (Lipinski definition) is 3. The number of rotatable bonds is 5. The second-order valence-corrected chi connectivity index (χ2v) is 6.41. The summed E-state index contributed by atoms with van der Waals surface area (Å²) >= 11 is 6.07. The maximum absolute atomic E-state index is 10.6. The minimum atomic E-state index is -5.08. The molecule has 3 aromatic rings. The van der Waals surface area contributed by atoms with Crippen molar-refractivity contribution in [2.45, 2.75) is 19.0 Å². The highest BCUT2D eigenvalue weighted by Gasteiger charge is 2.38. The number of anilines is 2. The van der Waals surface area contributed by atoms with E-state index >= 15 is 0 Å². The van der Waals surface area contributed by atoms with Crippen LogP contribution >= 0.6 is 11.6 Å². The zero-order chi connectivity index (χ0) is 21.6. The summed E-state index contributed by atoms with van der Waals surface area (Å²) in [7, 11) is 2.05. The number of nitrogen functional groups attached to an aromatic ring is 1. The van der Waals surface area contributed by atoms with Crippen molar-refractivity contribution in [2.75, 3.05) is 17.6 Å². The van der Waals surface area contributed by atoms with Gasteiger partial charge in [-0.05, 0) is 18.6 Å². The van der Waals surface area contributed by atoms with Crippen LogP contribution < -0.4 is 11.1 Å². The molecule has 0 bridgehead atoms. The Morgan fingerprint density at radius 3 is 2.62 bits per heavy atom. The predicted octanol–water partition coefficient (Wildman–Crippen LogP) is 3.88. The number of aromatic nitrogens is 3. The van der Waals surface area contributed by atoms with E-state index in [1.165, 1.54) is 0 Å². The van der Waals surface area contributed by atoms with E-state index in [9.17, 15) is 13.2 Å². The Balaban J connectivity index is 0.000000370. The molecule has 4 N–H and O–H groups in total. The number of carboxylic acid groups (broad SMARTS) is 1. The number of alkyl halides is 3. The summed E-state index contributed by atoms with van der Waals surface area (Å²) in [6.45, 7) is 0.798. The third kappa shape index (κ3) is 6.24. The van der Waals surface area contributed by atoms with E-state index in [-0.39, 0.29) is 0 Å². The van der Waals surface area contributed by atoms with E-state index in [4.69, 9.17) is 27.2 Å². The summed E-state index contributed by atoms with van der Waals surface area (Å²) in [4.78, 5) is 17.5. The minimum Gasteiger partial charge on any atom is -0.475 e. The van der Waals surface area contributed by atoms with Crippen LogP contribution in [-0.4, -0.2) is 38.3 Å². The number of carbonyl (C=O) groups is 1. The van der Waals surface area contributed by atoms with Crippen LogP contribution in [0.3, 0.4) is 0 Å². The maximum Gasteiger partial charge on any atom is 0.490 e. The summed E-state index contributed by atoms with van der Waals surface area (Å²) in [5.74, 6) is -1.21. The summed E-state index contributed by atoms with van der Waals surface area (Å²) in [6.07, 6.45) is -1.67. The van der Waals surface area contributed by atoms with Gasteiger partial charge in [0.25, 0.3) is 0 Å². The molecule has 0 saturated heterocycles. The zero-order valence-corrected chi connectivity index (χ0v) is 16.1. The number of halogens is 4. The lowest BCUT2D eigenvalue weighted by Crippen LogP contribution is -2.21. The second-order valence-electron chi connectivity index (χ2n) is 6.00. The monoisotopic (exact) mass is 429 g/mol. The molecule has 1 aromatic carbocycles. The van der Waals surface area contributed by atoms with Gasteiger partial charge in [0.05, 0.1) is 21.7 Å². The highest BCUT2D eigenvalue weighted by atomic mass is 35.5. The SMILES string of the molecule is Cn1c(CCCNc2cc(N)ncc2Cl)nc2ccccc21.O=C(O)C(F)(F)F. The number of nitrogens with zero attached hydrogens (tertiary/aromatic N) is 3. The maximum atomic E-state index is 10.6. The van der Waals surface area contributed by atoms with Gasteiger partial charge in [-0.3, -0.25) is 0 Å². The van der Waals surface area contributed by atoms with Crippen LogP contribution in [0.5, 0.6) is 0 Å². The number of hydrogen-bond acceptors (Lipinski definition) is 5. The van der Waals surface area contributed by atoms with E-state index in [1.54, 1.807) is 12.3 Å². The fourth-order valence-corrected chi connectivity index (χ4v) is 2.65. The first-order valence-corrected chi connectivity index (χ1v) is 8.82. The molecular weight excluding hydrogens is 411 g/mol. The average molecular weight is 430 g/mol. The van der Waals surface area contributed by atoms with Crippen molar-refractivity contribution in [2.24, 2.45) is 7.05 Å². The molecule has 29 heavy (non-hydrogen) atoms. The predicted molar refractivity (Wildman–Crippen MR) is 105 cm³/mol. The van der Waals surface area contributed by atoms with E-state index in [1.807, 2.05) is 18.2 Å². The minimum absolute atomic E-state index is 0.460. The average Bonchev–Trinajstić information content (AvgIpc) is 2.97. The number of fused-ring (bicyclic) bond motifs is 1. The molecule has 2 aromatic heterocycles. The first-order valence-electron chi connectivity index (χ1n) is 8.45. The molecule has 11 heteroatoms. The van der Waals surface area contributed by atoms with Crippen molar-refractivity contribution in [3.63, 3.8) is 0 Å². The first kappa shape index (κ1) is 22.3. The second kappa shape index (κ2) is 9.46. The van der Waals surface area contributed by atoms with Crippen LogP contribution in [0, 0.1) is 0 Å². The lowest BCUT2D eigenvalue weighted by molar-refractivity contribution is -0.192. The van der Waals surface area contributed by atoms with E-state index in [0.717, 1.165) is 41.9 Å². The van der Waals surface area contributed by atoms with E-state index < -0.39 is 12.1 Å². The molecule has 0 fully saturated rings. The smallest absolute Gasteiger partial charge is 0.475 e. The number of aliphatic carboxylic acids is 1. The number of nitrogens with one attached hydrogen (secondary N) is 1. The quantitative estimate of drug-likeness (QED) is 0.531. The van der Waals surface area contributed by atoms with Gasteiger partial charge in [-0.15, -0.1) is 0 Å². The molecule has 0 amide bonds. The molecule has 0 atom stereocenters. The topological polar surface area (TPSA) is 106 Å². The third-order valence-corrected chi connectivity index (χ3v) is 4.19. The molecule has 0 saturated carbocycles. The van der Waals surface area contributed by atoms with Crippen molar-refractivity contribution in [1.29, 1.82) is 0 Å². The van der Waals surface area contributed by atoms with Crippen molar-refractivity contribution in [3.05, 3.63) is 47.4 Å². The van der Waals surface area contributed by atoms with Crippen LogP contribution in [0.4, 0.5) is 24.7 Å². The largest absolute Gasteiger partial charge is 0.490 e. The molecule has 2 heterocycles. The van der Waals surface area contributed by atoms with Crippen molar-refractivity contribution in [3.8, 4) is 0 Å². The van der Waals surface area contributed by atoms with Gasteiger partial charge in [-0.1, -0.05) is 23.7 Å². The Bertz CT molecular complexity index is 991. The Morgan fingerprint density at radius 1 is 1.34 bits per heavy atom. The molecular formula is C18H19ClF3N5O2. The summed E-state index contributed by atoms with van der Waals surface area (Å²) in [5, 5.41) is 11.0. The molecule has 7 nitrogen and oxygen atoms in total. The fraction of sp³-hybridized carbons (Fsp3) is 0.278. The Kier molecular flexibility index (Phi) is 7.27. The first-order chi connectivity index (χ1) is 13.6. The van der Waals surface area contributed by atoms with Gasteiger partial charge in [0.2, 0.25) is 0 Å². The van der Waals surface area contributed by atoms with Crippen molar-refractivity contribution in [1.82, 2.24) is 14.5 Å². The van der Waals surface area contributed by atoms with Gasteiger partial charge in [0, 0.05) is 32.3 Å². The lowest BCUT2D eigenvalue weighted by Gasteiger charge is -2.08. The van der Waals surface area contributed by atoms with E-state index in [0.29, 0.717) is 10.8 Å².